The maximum atomic E-state index is 14.0. The predicted molar refractivity (Wildman–Crippen MR) is 160 cm³/mol. The number of nitro groups is 1. The second-order valence-electron chi connectivity index (χ2n) is 10.2. The Hall–Kier alpha value is -4.45. The second-order valence-corrected chi connectivity index (χ2v) is 12.1. The van der Waals surface area contributed by atoms with Crippen LogP contribution in [0.4, 0.5) is 11.4 Å². The van der Waals surface area contributed by atoms with Gasteiger partial charge in [-0.2, -0.15) is 0 Å². The summed E-state index contributed by atoms with van der Waals surface area (Å²) >= 11 is 0. The number of amides is 2. The van der Waals surface area contributed by atoms with E-state index in [1.165, 1.54) is 43.2 Å². The maximum absolute atomic E-state index is 14.0. The van der Waals surface area contributed by atoms with Crippen molar-refractivity contribution in [2.75, 3.05) is 24.5 Å². The lowest BCUT2D eigenvalue weighted by atomic mass is 10.1. The van der Waals surface area contributed by atoms with Crippen LogP contribution in [0.3, 0.4) is 0 Å². The zero-order chi connectivity index (χ0) is 31.0. The minimum Gasteiger partial charge on any atom is -0.497 e. The molecule has 0 spiro atoms. The van der Waals surface area contributed by atoms with Gasteiger partial charge in [0.05, 0.1) is 22.6 Å². The van der Waals surface area contributed by atoms with E-state index in [1.54, 1.807) is 31.2 Å². The zero-order valence-corrected chi connectivity index (χ0v) is 25.1. The van der Waals surface area contributed by atoms with E-state index in [0.717, 1.165) is 15.9 Å². The van der Waals surface area contributed by atoms with Gasteiger partial charge in [-0.3, -0.25) is 24.0 Å². The molecule has 2 amide bonds. The predicted octanol–water partition coefficient (Wildman–Crippen LogP) is 4.30. The summed E-state index contributed by atoms with van der Waals surface area (Å²) < 4.78 is 34.1. The van der Waals surface area contributed by atoms with Crippen molar-refractivity contribution in [2.24, 2.45) is 5.92 Å². The van der Waals surface area contributed by atoms with Crippen molar-refractivity contribution in [3.05, 3.63) is 94.0 Å². The Morgan fingerprint density at radius 1 is 1.00 bits per heavy atom. The highest BCUT2D eigenvalue weighted by atomic mass is 32.2. The molecular weight excluding hydrogens is 560 g/mol. The number of sulfonamides is 1. The van der Waals surface area contributed by atoms with E-state index in [2.05, 4.69) is 5.32 Å². The number of nitro benzene ring substituents is 1. The van der Waals surface area contributed by atoms with Crippen molar-refractivity contribution in [3.63, 3.8) is 0 Å². The molecule has 3 rings (SSSR count). The van der Waals surface area contributed by atoms with Crippen LogP contribution in [0.2, 0.25) is 0 Å². The van der Waals surface area contributed by atoms with E-state index >= 15 is 0 Å². The monoisotopic (exact) mass is 596 g/mol. The molecule has 0 bridgehead atoms. The first kappa shape index (κ1) is 32.1. The normalized spacial score (nSPS) is 12.0. The first-order valence-electron chi connectivity index (χ1n) is 13.4. The molecule has 42 heavy (non-hydrogen) atoms. The number of rotatable bonds is 13. The Morgan fingerprint density at radius 3 is 2.21 bits per heavy atom. The van der Waals surface area contributed by atoms with Crippen molar-refractivity contribution in [2.45, 2.75) is 45.2 Å². The van der Waals surface area contributed by atoms with Gasteiger partial charge in [-0.25, -0.2) is 8.42 Å². The first-order valence-corrected chi connectivity index (χ1v) is 14.8. The highest BCUT2D eigenvalue weighted by molar-refractivity contribution is 7.92. The summed E-state index contributed by atoms with van der Waals surface area (Å²) in [6.07, 6.45) is 0. The molecule has 1 atom stereocenters. The molecule has 12 heteroatoms. The second kappa shape index (κ2) is 13.9. The van der Waals surface area contributed by atoms with Gasteiger partial charge in [-0.05, 0) is 55.7 Å². The van der Waals surface area contributed by atoms with Crippen LogP contribution in [0.25, 0.3) is 0 Å². The molecule has 0 heterocycles. The Bertz CT molecular complexity index is 1510. The molecule has 3 aromatic rings. The van der Waals surface area contributed by atoms with Crippen molar-refractivity contribution in [1.82, 2.24) is 10.2 Å². The van der Waals surface area contributed by atoms with Gasteiger partial charge in [0.1, 0.15) is 18.3 Å². The minimum absolute atomic E-state index is 0.0580. The van der Waals surface area contributed by atoms with Gasteiger partial charge in [-0.1, -0.05) is 50.2 Å². The maximum Gasteiger partial charge on any atom is 0.273 e. The van der Waals surface area contributed by atoms with Crippen LogP contribution in [-0.2, 0) is 26.2 Å². The lowest BCUT2D eigenvalue weighted by molar-refractivity contribution is -0.385. The van der Waals surface area contributed by atoms with Gasteiger partial charge >= 0.3 is 0 Å². The molecule has 0 fully saturated rings. The number of carbonyl (C=O) groups excluding carboxylic acids is 2. The molecule has 11 nitrogen and oxygen atoms in total. The molecule has 0 saturated heterocycles. The van der Waals surface area contributed by atoms with E-state index in [0.29, 0.717) is 17.9 Å². The number of nitrogens with one attached hydrogen (secondary N) is 1. The molecule has 0 unspecified atom stereocenters. The third kappa shape index (κ3) is 7.84. The topological polar surface area (TPSA) is 139 Å². The molecule has 0 aromatic heterocycles. The Morgan fingerprint density at radius 2 is 1.64 bits per heavy atom. The summed E-state index contributed by atoms with van der Waals surface area (Å²) in [6, 6.07) is 17.8. The lowest BCUT2D eigenvalue weighted by Crippen LogP contribution is -2.51. The lowest BCUT2D eigenvalue weighted by Gasteiger charge is -2.32. The molecule has 0 aliphatic carbocycles. The number of methoxy groups -OCH3 is 1. The summed E-state index contributed by atoms with van der Waals surface area (Å²) in [5.74, 6) is -0.351. The summed E-state index contributed by atoms with van der Waals surface area (Å²) in [5.41, 5.74) is 0.825. The van der Waals surface area contributed by atoms with Gasteiger partial charge in [0.2, 0.25) is 11.8 Å². The van der Waals surface area contributed by atoms with Crippen LogP contribution >= 0.6 is 0 Å². The first-order chi connectivity index (χ1) is 19.8. The SMILES string of the molecule is COc1ccc(N(CC(=O)N(Cc2ccccc2)[C@@H](C)C(=O)NCC(C)C)S(=O)(=O)c2ccc(C)c([N+](=O)[O-])c2)cc1. The van der Waals surface area contributed by atoms with E-state index in [-0.39, 0.29) is 34.6 Å². The van der Waals surface area contributed by atoms with Crippen molar-refractivity contribution >= 4 is 33.2 Å². The summed E-state index contributed by atoms with van der Waals surface area (Å²) in [4.78, 5) is 38.9. The van der Waals surface area contributed by atoms with Crippen LogP contribution in [-0.4, -0.2) is 56.3 Å². The molecule has 3 aromatic carbocycles. The summed E-state index contributed by atoms with van der Waals surface area (Å²) in [7, 11) is -3.01. The fourth-order valence-electron chi connectivity index (χ4n) is 4.17. The number of carbonyl (C=O) groups is 2. The van der Waals surface area contributed by atoms with E-state index in [1.807, 2.05) is 32.0 Å². The highest BCUT2D eigenvalue weighted by Crippen LogP contribution is 2.29. The van der Waals surface area contributed by atoms with Crippen LogP contribution in [0.15, 0.2) is 77.7 Å². The number of nitrogens with zero attached hydrogens (tertiary/aromatic N) is 3. The number of hydrogen-bond donors (Lipinski definition) is 1. The molecular formula is C30H36N4O7S. The number of ether oxygens (including phenoxy) is 1. The van der Waals surface area contributed by atoms with Gasteiger partial charge in [0.15, 0.2) is 0 Å². The number of aryl methyl sites for hydroxylation is 1. The molecule has 0 aliphatic rings. The Balaban J connectivity index is 2.06. The molecule has 224 valence electrons. The van der Waals surface area contributed by atoms with Crippen molar-refractivity contribution in [1.29, 1.82) is 0 Å². The van der Waals surface area contributed by atoms with Crippen LogP contribution in [0.5, 0.6) is 5.75 Å². The average molecular weight is 597 g/mol. The van der Waals surface area contributed by atoms with Crippen molar-refractivity contribution < 1.29 is 27.7 Å². The third-order valence-corrected chi connectivity index (χ3v) is 8.42. The van der Waals surface area contributed by atoms with Crippen molar-refractivity contribution in [3.8, 4) is 5.75 Å². The Kier molecular flexibility index (Phi) is 10.6. The fourth-order valence-corrected chi connectivity index (χ4v) is 5.60. The standard InChI is InChI=1S/C30H36N4O7S/c1-21(2)18-31-30(36)23(4)32(19-24-9-7-6-8-10-24)29(35)20-33(25-12-14-26(41-5)15-13-25)42(39,40)27-16-11-22(3)28(17-27)34(37)38/h6-17,21,23H,18-20H2,1-5H3,(H,31,36)/t23-/m0/s1. The summed E-state index contributed by atoms with van der Waals surface area (Å²) in [6.45, 7) is 6.80. The molecule has 1 N–H and O–H groups in total. The van der Waals surface area contributed by atoms with Crippen LogP contribution in [0.1, 0.15) is 31.9 Å². The van der Waals surface area contributed by atoms with Gasteiger partial charge in [-0.15, -0.1) is 0 Å². The van der Waals surface area contributed by atoms with Crippen LogP contribution < -0.4 is 14.4 Å². The highest BCUT2D eigenvalue weighted by Gasteiger charge is 2.33. The summed E-state index contributed by atoms with van der Waals surface area (Å²) in [5, 5.41) is 14.4. The van der Waals surface area contributed by atoms with Gasteiger partial charge in [0.25, 0.3) is 15.7 Å². The fraction of sp³-hybridized carbons (Fsp3) is 0.333. The number of benzene rings is 3. The minimum atomic E-state index is -4.48. The van der Waals surface area contributed by atoms with E-state index in [9.17, 15) is 28.1 Å². The van der Waals surface area contributed by atoms with E-state index in [4.69, 9.17) is 4.74 Å². The van der Waals surface area contributed by atoms with Crippen LogP contribution in [0, 0.1) is 23.0 Å². The molecule has 0 aliphatic heterocycles. The molecule has 0 radical (unpaired) electrons. The van der Waals surface area contributed by atoms with Gasteiger partial charge in [0, 0.05) is 24.7 Å². The number of hydrogen-bond acceptors (Lipinski definition) is 7. The molecule has 0 saturated carbocycles. The third-order valence-electron chi connectivity index (χ3n) is 6.65. The quantitative estimate of drug-likeness (QED) is 0.229. The largest absolute Gasteiger partial charge is 0.497 e. The average Bonchev–Trinajstić information content (AvgIpc) is 2.97. The number of anilines is 1. The van der Waals surface area contributed by atoms with Gasteiger partial charge < -0.3 is 15.0 Å². The smallest absolute Gasteiger partial charge is 0.273 e. The van der Waals surface area contributed by atoms with E-state index < -0.39 is 33.4 Å². The Labute approximate surface area is 246 Å². The zero-order valence-electron chi connectivity index (χ0n) is 24.3.